The van der Waals surface area contributed by atoms with E-state index in [2.05, 4.69) is 18.4 Å². The third-order valence-corrected chi connectivity index (χ3v) is 6.04. The lowest BCUT2D eigenvalue weighted by molar-refractivity contribution is 0.384. The van der Waals surface area contributed by atoms with Gasteiger partial charge in [-0.25, -0.2) is 0 Å². The van der Waals surface area contributed by atoms with Gasteiger partial charge in [0.15, 0.2) is 11.3 Å². The zero-order chi connectivity index (χ0) is 21.1. The summed E-state index contributed by atoms with van der Waals surface area (Å²) in [7, 11) is 1.58. The van der Waals surface area contributed by atoms with Crippen LogP contribution in [-0.4, -0.2) is 11.7 Å². The van der Waals surface area contributed by atoms with E-state index < -0.39 is 0 Å². The van der Waals surface area contributed by atoms with Gasteiger partial charge >= 0.3 is 0 Å². The van der Waals surface area contributed by atoms with Crippen molar-refractivity contribution in [2.45, 2.75) is 46.1 Å². The number of methoxy groups -OCH3 is 1. The van der Waals surface area contributed by atoms with E-state index in [0.29, 0.717) is 17.1 Å². The van der Waals surface area contributed by atoms with Gasteiger partial charge in [0.25, 0.3) is 0 Å². The van der Waals surface area contributed by atoms with Crippen molar-refractivity contribution >= 4 is 21.9 Å². The first kappa shape index (κ1) is 20.3. The van der Waals surface area contributed by atoms with E-state index in [9.17, 15) is 4.79 Å². The van der Waals surface area contributed by atoms with Crippen molar-refractivity contribution in [3.05, 3.63) is 65.0 Å². The molecule has 2 heterocycles. The van der Waals surface area contributed by atoms with Crippen molar-refractivity contribution in [3.63, 3.8) is 0 Å². The molecule has 2 aromatic heterocycles. The van der Waals surface area contributed by atoms with Gasteiger partial charge in [0.1, 0.15) is 0 Å². The lowest BCUT2D eigenvalue weighted by Gasteiger charge is -2.24. The van der Waals surface area contributed by atoms with Gasteiger partial charge in [-0.3, -0.25) is 4.79 Å². The Morgan fingerprint density at radius 2 is 1.87 bits per heavy atom. The highest BCUT2D eigenvalue weighted by Gasteiger charge is 2.23. The smallest absolute Gasteiger partial charge is 0.231 e. The van der Waals surface area contributed by atoms with Gasteiger partial charge in [0.2, 0.25) is 5.43 Å². The number of rotatable bonds is 8. The molecule has 4 heteroatoms. The van der Waals surface area contributed by atoms with Crippen molar-refractivity contribution in [1.82, 2.24) is 4.57 Å². The quantitative estimate of drug-likeness (QED) is 0.331. The zero-order valence-electron chi connectivity index (χ0n) is 18.0. The average Bonchev–Trinajstić information content (AvgIpc) is 3.27. The maximum atomic E-state index is 13.4. The third-order valence-electron chi connectivity index (χ3n) is 6.04. The molecule has 0 fully saturated rings. The lowest BCUT2D eigenvalue weighted by Crippen LogP contribution is -2.19. The number of unbranched alkanes of at least 4 members (excludes halogenated alkanes) is 1. The normalized spacial score (nSPS) is 12.5. The highest BCUT2D eigenvalue weighted by molar-refractivity contribution is 6.03. The van der Waals surface area contributed by atoms with E-state index in [1.54, 1.807) is 13.4 Å². The fraction of sp³-hybridized carbons (Fsp3) is 0.346. The lowest BCUT2D eigenvalue weighted by atomic mass is 9.97. The Balaban J connectivity index is 2.09. The fourth-order valence-electron chi connectivity index (χ4n) is 4.36. The minimum Gasteiger partial charge on any atom is -0.491 e. The Morgan fingerprint density at radius 3 is 2.57 bits per heavy atom. The van der Waals surface area contributed by atoms with Crippen LogP contribution in [0.4, 0.5) is 0 Å². The molecule has 4 nitrogen and oxygen atoms in total. The van der Waals surface area contributed by atoms with Gasteiger partial charge in [-0.1, -0.05) is 69.5 Å². The molecule has 1 unspecified atom stereocenters. The molecule has 0 aliphatic carbocycles. The Kier molecular flexibility index (Phi) is 5.93. The van der Waals surface area contributed by atoms with Crippen molar-refractivity contribution in [2.75, 3.05) is 7.11 Å². The molecule has 0 aliphatic rings. The van der Waals surface area contributed by atoms with Crippen LogP contribution in [0.25, 0.3) is 33.1 Å². The summed E-state index contributed by atoms with van der Waals surface area (Å²) in [6, 6.07) is 15.8. The summed E-state index contributed by atoms with van der Waals surface area (Å²) >= 11 is 0. The summed E-state index contributed by atoms with van der Waals surface area (Å²) in [5.74, 6) is 0.901. The van der Waals surface area contributed by atoms with Crippen LogP contribution in [0.2, 0.25) is 0 Å². The van der Waals surface area contributed by atoms with Gasteiger partial charge in [0.05, 0.1) is 30.0 Å². The van der Waals surface area contributed by atoms with Crippen molar-refractivity contribution in [1.29, 1.82) is 0 Å². The Hall–Kier alpha value is -3.01. The second-order valence-electron chi connectivity index (χ2n) is 7.90. The third kappa shape index (κ3) is 3.51. The van der Waals surface area contributed by atoms with Crippen LogP contribution in [0.3, 0.4) is 0 Å². The molecule has 0 bridgehead atoms. The van der Waals surface area contributed by atoms with Gasteiger partial charge < -0.3 is 13.7 Å². The van der Waals surface area contributed by atoms with E-state index in [4.69, 9.17) is 9.15 Å². The van der Waals surface area contributed by atoms with Crippen molar-refractivity contribution in [2.24, 2.45) is 5.92 Å². The molecular formula is C26H29NO3. The van der Waals surface area contributed by atoms with Gasteiger partial charge in [-0.15, -0.1) is 0 Å². The average molecular weight is 404 g/mol. The van der Waals surface area contributed by atoms with Crippen LogP contribution in [0, 0.1) is 5.92 Å². The largest absolute Gasteiger partial charge is 0.491 e. The number of nitrogens with zero attached hydrogens (tertiary/aromatic N) is 1. The first-order chi connectivity index (χ1) is 14.7. The number of benzene rings is 2. The van der Waals surface area contributed by atoms with E-state index in [-0.39, 0.29) is 5.43 Å². The van der Waals surface area contributed by atoms with Crippen LogP contribution in [-0.2, 0) is 6.54 Å². The Bertz CT molecular complexity index is 1200. The number of furan rings is 1. The molecule has 2 aromatic carbocycles. The maximum absolute atomic E-state index is 13.4. The second-order valence-corrected chi connectivity index (χ2v) is 7.90. The summed E-state index contributed by atoms with van der Waals surface area (Å²) in [6.07, 6.45) is 6.31. The molecular weight excluding hydrogens is 374 g/mol. The highest BCUT2D eigenvalue weighted by atomic mass is 16.5. The number of hydrogen-bond donors (Lipinski definition) is 0. The van der Waals surface area contributed by atoms with Crippen LogP contribution in [0.15, 0.2) is 64.0 Å². The molecule has 156 valence electrons. The predicted molar refractivity (Wildman–Crippen MR) is 123 cm³/mol. The van der Waals surface area contributed by atoms with E-state index in [1.807, 2.05) is 48.5 Å². The SMILES string of the molecule is CCCCC(CC)Cn1c(-c2ccccc2)c(OC)c(=O)c2ccc3ccoc3c21. The summed E-state index contributed by atoms with van der Waals surface area (Å²) in [5.41, 5.74) is 3.33. The monoisotopic (exact) mass is 403 g/mol. The molecule has 4 rings (SSSR count). The van der Waals surface area contributed by atoms with Crippen LogP contribution in [0.1, 0.15) is 39.5 Å². The fourth-order valence-corrected chi connectivity index (χ4v) is 4.36. The summed E-state index contributed by atoms with van der Waals surface area (Å²) in [4.78, 5) is 13.4. The molecule has 30 heavy (non-hydrogen) atoms. The van der Waals surface area contributed by atoms with Crippen LogP contribution < -0.4 is 10.2 Å². The number of pyridine rings is 1. The van der Waals surface area contributed by atoms with Crippen molar-refractivity contribution < 1.29 is 9.15 Å². The number of hydrogen-bond acceptors (Lipinski definition) is 3. The van der Waals surface area contributed by atoms with Crippen LogP contribution in [0.5, 0.6) is 5.75 Å². The number of fused-ring (bicyclic) bond motifs is 3. The Labute approximate surface area is 177 Å². The number of ether oxygens (including phenoxy) is 1. The van der Waals surface area contributed by atoms with Crippen molar-refractivity contribution in [3.8, 4) is 17.0 Å². The first-order valence-corrected chi connectivity index (χ1v) is 10.9. The molecule has 0 amide bonds. The zero-order valence-corrected chi connectivity index (χ0v) is 18.0. The molecule has 0 aliphatic heterocycles. The molecule has 0 saturated heterocycles. The van der Waals surface area contributed by atoms with Crippen LogP contribution >= 0.6 is 0 Å². The first-order valence-electron chi connectivity index (χ1n) is 10.9. The van der Waals surface area contributed by atoms with E-state index in [0.717, 1.165) is 47.1 Å². The summed E-state index contributed by atoms with van der Waals surface area (Å²) in [5, 5.41) is 1.64. The molecule has 4 aromatic rings. The predicted octanol–water partition coefficient (Wildman–Crippen LogP) is 6.64. The standard InChI is InChI=1S/C26H29NO3/c1-4-6-10-18(5-2)17-27-22(19-11-8-7-9-12-19)26(29-3)24(28)21-14-13-20-15-16-30-25(20)23(21)27/h7-9,11-16,18H,4-6,10,17H2,1-3H3. The molecule has 0 radical (unpaired) electrons. The molecule has 0 spiro atoms. The van der Waals surface area contributed by atoms with Gasteiger partial charge in [0, 0.05) is 17.5 Å². The van der Waals surface area contributed by atoms with E-state index >= 15 is 0 Å². The highest BCUT2D eigenvalue weighted by Crippen LogP contribution is 2.35. The topological polar surface area (TPSA) is 44.4 Å². The minimum absolute atomic E-state index is 0.0949. The van der Waals surface area contributed by atoms with Gasteiger partial charge in [-0.2, -0.15) is 0 Å². The van der Waals surface area contributed by atoms with Gasteiger partial charge in [-0.05, 0) is 24.5 Å². The maximum Gasteiger partial charge on any atom is 0.231 e. The molecule has 1 atom stereocenters. The summed E-state index contributed by atoms with van der Waals surface area (Å²) < 4.78 is 13.9. The molecule has 0 saturated carbocycles. The van der Waals surface area contributed by atoms with E-state index in [1.165, 1.54) is 12.8 Å². The Morgan fingerprint density at radius 1 is 1.07 bits per heavy atom. The summed E-state index contributed by atoms with van der Waals surface area (Å²) in [6.45, 7) is 5.28. The molecule has 0 N–H and O–H groups in total. The second kappa shape index (κ2) is 8.78. The minimum atomic E-state index is -0.0949. The number of aromatic nitrogens is 1.